The van der Waals surface area contributed by atoms with Crippen molar-refractivity contribution in [2.75, 3.05) is 0 Å². The third kappa shape index (κ3) is 2.05. The zero-order valence-electron chi connectivity index (χ0n) is 10.5. The van der Waals surface area contributed by atoms with Gasteiger partial charge < -0.3 is 5.11 Å². The number of fused-ring (bicyclic) bond motifs is 1. The lowest BCUT2D eigenvalue weighted by atomic mass is 9.73. The summed E-state index contributed by atoms with van der Waals surface area (Å²) in [5.74, 6) is -0.284. The Bertz CT molecular complexity index is 639. The summed E-state index contributed by atoms with van der Waals surface area (Å²) >= 11 is 6.05. The van der Waals surface area contributed by atoms with Gasteiger partial charge in [-0.2, -0.15) is 0 Å². The molecule has 0 saturated carbocycles. The van der Waals surface area contributed by atoms with Gasteiger partial charge in [-0.25, -0.2) is 4.39 Å². The van der Waals surface area contributed by atoms with Crippen LogP contribution in [0.3, 0.4) is 0 Å². The molecule has 1 aliphatic rings. The average Bonchev–Trinajstić information content (AvgIpc) is 2.35. The number of halogens is 2. The minimum atomic E-state index is -0.679. The summed E-state index contributed by atoms with van der Waals surface area (Å²) < 4.78 is 13.4. The quantitative estimate of drug-likeness (QED) is 0.873. The number of aliphatic hydroxyl groups is 1. The van der Waals surface area contributed by atoms with Crippen LogP contribution >= 0.6 is 11.6 Å². The monoisotopic (exact) mass is 276 g/mol. The predicted octanol–water partition coefficient (Wildman–Crippen LogP) is 4.16. The molecule has 3 heteroatoms. The summed E-state index contributed by atoms with van der Waals surface area (Å²) in [6.07, 6.45) is 0.158. The smallest absolute Gasteiger partial charge is 0.127 e. The Kier molecular flexibility index (Phi) is 3.08. The molecule has 0 radical (unpaired) electrons. The molecule has 1 N–H and O–H groups in total. The van der Waals surface area contributed by atoms with Gasteiger partial charge in [0.25, 0.3) is 0 Å². The van der Waals surface area contributed by atoms with Crippen molar-refractivity contribution >= 4 is 11.6 Å². The summed E-state index contributed by atoms with van der Waals surface area (Å²) in [6, 6.07) is 11.0. The van der Waals surface area contributed by atoms with E-state index in [1.807, 2.05) is 18.2 Å². The van der Waals surface area contributed by atoms with Crippen LogP contribution in [0.1, 0.15) is 34.3 Å². The second-order valence-electron chi connectivity index (χ2n) is 5.08. The van der Waals surface area contributed by atoms with Crippen molar-refractivity contribution in [2.24, 2.45) is 0 Å². The lowest BCUT2D eigenvalue weighted by molar-refractivity contribution is 0.134. The van der Waals surface area contributed by atoms with Crippen LogP contribution in [0.2, 0.25) is 5.02 Å². The van der Waals surface area contributed by atoms with Crippen molar-refractivity contribution in [1.29, 1.82) is 0 Å². The maximum absolute atomic E-state index is 13.4. The lowest BCUT2D eigenvalue weighted by Gasteiger charge is -2.34. The van der Waals surface area contributed by atoms with Crippen LogP contribution in [-0.2, 0) is 6.42 Å². The van der Waals surface area contributed by atoms with Gasteiger partial charge >= 0.3 is 0 Å². The topological polar surface area (TPSA) is 20.2 Å². The molecule has 0 spiro atoms. The van der Waals surface area contributed by atoms with Crippen molar-refractivity contribution in [3.8, 4) is 0 Å². The number of hydrogen-bond donors (Lipinski definition) is 1. The van der Waals surface area contributed by atoms with Crippen molar-refractivity contribution in [2.45, 2.75) is 25.4 Å². The van der Waals surface area contributed by atoms with E-state index in [9.17, 15) is 9.50 Å². The van der Waals surface area contributed by atoms with Gasteiger partial charge in [0, 0.05) is 16.5 Å². The standard InChI is InChI=1S/C16H14ClFO/c1-9-6-13(14(17)8-15(9)18)16(19)12-7-10-4-2-3-5-11(10)12/h2-6,8,12,16,19H,7H2,1H3. The van der Waals surface area contributed by atoms with Gasteiger partial charge in [-0.3, -0.25) is 0 Å². The molecule has 1 nitrogen and oxygen atoms in total. The zero-order valence-corrected chi connectivity index (χ0v) is 11.3. The van der Waals surface area contributed by atoms with E-state index < -0.39 is 6.10 Å². The van der Waals surface area contributed by atoms with Crippen molar-refractivity contribution < 1.29 is 9.50 Å². The molecule has 0 aromatic heterocycles. The number of rotatable bonds is 2. The molecule has 98 valence electrons. The van der Waals surface area contributed by atoms with Crippen molar-refractivity contribution in [3.63, 3.8) is 0 Å². The first-order chi connectivity index (χ1) is 9.08. The van der Waals surface area contributed by atoms with Gasteiger partial charge in [-0.1, -0.05) is 35.9 Å². The third-order valence-corrected chi connectivity index (χ3v) is 4.20. The summed E-state index contributed by atoms with van der Waals surface area (Å²) in [7, 11) is 0. The first-order valence-corrected chi connectivity index (χ1v) is 6.67. The minimum absolute atomic E-state index is 0.0542. The van der Waals surface area contributed by atoms with Crippen LogP contribution in [0.5, 0.6) is 0 Å². The van der Waals surface area contributed by atoms with E-state index in [0.717, 1.165) is 12.0 Å². The lowest BCUT2D eigenvalue weighted by Crippen LogP contribution is -2.23. The number of aryl methyl sites for hydroxylation is 1. The second-order valence-corrected chi connectivity index (χ2v) is 5.48. The fourth-order valence-electron chi connectivity index (χ4n) is 2.70. The molecule has 1 aliphatic carbocycles. The van der Waals surface area contributed by atoms with E-state index in [2.05, 4.69) is 6.07 Å². The van der Waals surface area contributed by atoms with E-state index in [4.69, 9.17) is 11.6 Å². The molecule has 0 saturated heterocycles. The maximum Gasteiger partial charge on any atom is 0.127 e. The summed E-state index contributed by atoms with van der Waals surface area (Å²) in [4.78, 5) is 0. The van der Waals surface area contributed by atoms with Crippen molar-refractivity contribution in [1.82, 2.24) is 0 Å². The Morgan fingerprint density at radius 2 is 2.05 bits per heavy atom. The average molecular weight is 277 g/mol. The Labute approximate surface area is 116 Å². The highest BCUT2D eigenvalue weighted by Gasteiger charge is 2.33. The SMILES string of the molecule is Cc1cc(C(O)C2Cc3ccccc32)c(Cl)cc1F. The minimum Gasteiger partial charge on any atom is -0.388 e. The molecule has 0 bridgehead atoms. The number of aliphatic hydroxyl groups excluding tert-OH is 1. The Morgan fingerprint density at radius 3 is 2.79 bits per heavy atom. The van der Waals surface area contributed by atoms with Crippen LogP contribution in [0, 0.1) is 12.7 Å². The van der Waals surface area contributed by atoms with E-state index in [1.165, 1.54) is 11.6 Å². The highest BCUT2D eigenvalue weighted by atomic mass is 35.5. The van der Waals surface area contributed by atoms with E-state index >= 15 is 0 Å². The molecule has 19 heavy (non-hydrogen) atoms. The highest BCUT2D eigenvalue weighted by Crippen LogP contribution is 2.45. The molecule has 2 unspecified atom stereocenters. The summed E-state index contributed by atoms with van der Waals surface area (Å²) in [5.41, 5.74) is 3.54. The molecule has 3 rings (SSSR count). The Hall–Kier alpha value is -1.38. The largest absolute Gasteiger partial charge is 0.388 e. The number of benzene rings is 2. The molecular formula is C16H14ClFO. The molecule has 2 aromatic carbocycles. The van der Waals surface area contributed by atoms with Crippen LogP contribution in [0.4, 0.5) is 4.39 Å². The second kappa shape index (κ2) is 4.62. The predicted molar refractivity (Wildman–Crippen MR) is 74.0 cm³/mol. The third-order valence-electron chi connectivity index (χ3n) is 3.87. The van der Waals surface area contributed by atoms with E-state index in [-0.39, 0.29) is 11.7 Å². The van der Waals surface area contributed by atoms with E-state index in [0.29, 0.717) is 16.1 Å². The van der Waals surface area contributed by atoms with Gasteiger partial charge in [0.05, 0.1) is 6.10 Å². The highest BCUT2D eigenvalue weighted by molar-refractivity contribution is 6.31. The number of hydrogen-bond acceptors (Lipinski definition) is 1. The Morgan fingerprint density at radius 1 is 1.32 bits per heavy atom. The van der Waals surface area contributed by atoms with Crippen LogP contribution < -0.4 is 0 Å². The van der Waals surface area contributed by atoms with Gasteiger partial charge in [0.2, 0.25) is 0 Å². The fraction of sp³-hybridized carbons (Fsp3) is 0.250. The maximum atomic E-state index is 13.4. The van der Waals surface area contributed by atoms with Gasteiger partial charge in [0.15, 0.2) is 0 Å². The van der Waals surface area contributed by atoms with Crippen LogP contribution in [0.25, 0.3) is 0 Å². The van der Waals surface area contributed by atoms with E-state index in [1.54, 1.807) is 13.0 Å². The molecule has 0 fully saturated rings. The van der Waals surface area contributed by atoms with Gasteiger partial charge in [0.1, 0.15) is 5.82 Å². The molecule has 0 heterocycles. The Balaban J connectivity index is 1.94. The summed E-state index contributed by atoms with van der Waals surface area (Å²) in [5, 5.41) is 10.8. The molecular weight excluding hydrogens is 263 g/mol. The zero-order chi connectivity index (χ0) is 13.6. The fourth-order valence-corrected chi connectivity index (χ4v) is 2.96. The molecule has 2 aromatic rings. The van der Waals surface area contributed by atoms with Gasteiger partial charge in [-0.15, -0.1) is 0 Å². The molecule has 0 aliphatic heterocycles. The first kappa shape index (κ1) is 12.6. The van der Waals surface area contributed by atoms with Crippen LogP contribution in [0.15, 0.2) is 36.4 Å². The first-order valence-electron chi connectivity index (χ1n) is 6.29. The summed E-state index contributed by atoms with van der Waals surface area (Å²) in [6.45, 7) is 1.68. The normalized spacial score (nSPS) is 18.6. The molecule has 2 atom stereocenters. The molecule has 0 amide bonds. The van der Waals surface area contributed by atoms with Crippen LogP contribution in [-0.4, -0.2) is 5.11 Å². The van der Waals surface area contributed by atoms with Crippen molar-refractivity contribution in [3.05, 3.63) is 69.5 Å². The van der Waals surface area contributed by atoms with Gasteiger partial charge in [-0.05, 0) is 42.2 Å².